The molecule has 5 heteroatoms. The molecule has 0 unspecified atom stereocenters. The molecular weight excluding hydrogens is 193 g/mol. The summed E-state index contributed by atoms with van der Waals surface area (Å²) in [4.78, 5) is 0. The Hall–Kier alpha value is -1.04. The standard InChI is InChI=1S/C10H14BNO3/c13-11(14)15-10-4-2-1-3-8(10)7-12-9-5-6-9/h1-4,9,12-14H,5-7H2. The lowest BCUT2D eigenvalue weighted by molar-refractivity contribution is 0.286. The summed E-state index contributed by atoms with van der Waals surface area (Å²) in [5.74, 6) is 0.514. The molecule has 4 nitrogen and oxygen atoms in total. The Kier molecular flexibility index (Phi) is 3.25. The molecule has 0 spiro atoms. The van der Waals surface area contributed by atoms with Gasteiger partial charge in [-0.25, -0.2) is 0 Å². The summed E-state index contributed by atoms with van der Waals surface area (Å²) in [6, 6.07) is 7.96. The third-order valence-corrected chi connectivity index (χ3v) is 2.36. The molecule has 2 rings (SSSR count). The van der Waals surface area contributed by atoms with Crippen LogP contribution in [0.1, 0.15) is 18.4 Å². The van der Waals surface area contributed by atoms with Gasteiger partial charge in [0.05, 0.1) is 0 Å². The number of nitrogens with one attached hydrogen (secondary N) is 1. The van der Waals surface area contributed by atoms with Gasteiger partial charge >= 0.3 is 7.32 Å². The van der Waals surface area contributed by atoms with Crippen LogP contribution in [0.5, 0.6) is 5.75 Å². The van der Waals surface area contributed by atoms with E-state index in [4.69, 9.17) is 14.7 Å². The van der Waals surface area contributed by atoms with Gasteiger partial charge in [0, 0.05) is 18.2 Å². The first-order valence-electron chi connectivity index (χ1n) is 5.10. The van der Waals surface area contributed by atoms with Crippen LogP contribution in [0.2, 0.25) is 0 Å². The highest BCUT2D eigenvalue weighted by Gasteiger charge is 2.21. The second-order valence-corrected chi connectivity index (χ2v) is 3.71. The van der Waals surface area contributed by atoms with Crippen molar-refractivity contribution in [2.45, 2.75) is 25.4 Å². The number of hydrogen-bond donors (Lipinski definition) is 3. The van der Waals surface area contributed by atoms with E-state index in [9.17, 15) is 0 Å². The van der Waals surface area contributed by atoms with Crippen molar-refractivity contribution in [3.8, 4) is 5.75 Å². The Bertz CT molecular complexity index is 328. The fourth-order valence-electron chi connectivity index (χ4n) is 1.42. The van der Waals surface area contributed by atoms with E-state index in [0.717, 1.165) is 5.56 Å². The predicted octanol–water partition coefficient (Wildman–Crippen LogP) is 0.287. The molecule has 15 heavy (non-hydrogen) atoms. The van der Waals surface area contributed by atoms with Crippen LogP contribution in [0.15, 0.2) is 24.3 Å². The topological polar surface area (TPSA) is 61.7 Å². The molecule has 3 N–H and O–H groups in total. The van der Waals surface area contributed by atoms with Gasteiger partial charge in [-0.15, -0.1) is 0 Å². The molecule has 0 amide bonds. The number of rotatable bonds is 5. The van der Waals surface area contributed by atoms with Crippen LogP contribution < -0.4 is 9.97 Å². The first kappa shape index (κ1) is 10.5. The lowest BCUT2D eigenvalue weighted by atomic mass is 10.1. The van der Waals surface area contributed by atoms with Crippen LogP contribution in [0.3, 0.4) is 0 Å². The molecule has 0 heterocycles. The van der Waals surface area contributed by atoms with E-state index in [1.807, 2.05) is 12.1 Å². The van der Waals surface area contributed by atoms with Crippen molar-refractivity contribution >= 4 is 7.32 Å². The maximum absolute atomic E-state index is 8.73. The Morgan fingerprint density at radius 3 is 2.73 bits per heavy atom. The van der Waals surface area contributed by atoms with Gasteiger partial charge in [-0.05, 0) is 18.9 Å². The van der Waals surface area contributed by atoms with Crippen LogP contribution in [0, 0.1) is 0 Å². The molecule has 0 atom stereocenters. The van der Waals surface area contributed by atoms with Crippen molar-refractivity contribution in [2.24, 2.45) is 0 Å². The van der Waals surface area contributed by atoms with E-state index < -0.39 is 7.32 Å². The summed E-state index contributed by atoms with van der Waals surface area (Å²) in [5.41, 5.74) is 0.942. The van der Waals surface area contributed by atoms with E-state index in [2.05, 4.69) is 5.32 Å². The largest absolute Gasteiger partial charge is 0.707 e. The van der Waals surface area contributed by atoms with Gasteiger partial charge in [0.25, 0.3) is 0 Å². The third kappa shape index (κ3) is 3.23. The van der Waals surface area contributed by atoms with E-state index in [1.54, 1.807) is 12.1 Å². The molecule has 1 aliphatic carbocycles. The zero-order valence-electron chi connectivity index (χ0n) is 8.39. The van der Waals surface area contributed by atoms with Crippen molar-refractivity contribution in [1.82, 2.24) is 5.32 Å². The zero-order valence-corrected chi connectivity index (χ0v) is 8.39. The second-order valence-electron chi connectivity index (χ2n) is 3.71. The summed E-state index contributed by atoms with van der Waals surface area (Å²) in [6.45, 7) is 0.702. The van der Waals surface area contributed by atoms with Crippen LogP contribution in [-0.2, 0) is 6.54 Å². The van der Waals surface area contributed by atoms with E-state index in [1.165, 1.54) is 12.8 Å². The molecular formula is C10H14BNO3. The average Bonchev–Trinajstić information content (AvgIpc) is 2.99. The second kappa shape index (κ2) is 4.66. The van der Waals surface area contributed by atoms with Crippen LogP contribution in [0.25, 0.3) is 0 Å². The number of hydrogen-bond acceptors (Lipinski definition) is 4. The Labute approximate surface area is 89.1 Å². The molecule has 1 saturated carbocycles. The van der Waals surface area contributed by atoms with Crippen molar-refractivity contribution in [2.75, 3.05) is 0 Å². The van der Waals surface area contributed by atoms with E-state index in [0.29, 0.717) is 18.3 Å². The van der Waals surface area contributed by atoms with Crippen molar-refractivity contribution < 1.29 is 14.7 Å². The van der Waals surface area contributed by atoms with Crippen LogP contribution in [-0.4, -0.2) is 23.4 Å². The summed E-state index contributed by atoms with van der Waals surface area (Å²) in [6.07, 6.45) is 2.46. The molecule has 0 radical (unpaired) electrons. The molecule has 80 valence electrons. The third-order valence-electron chi connectivity index (χ3n) is 2.36. The fourth-order valence-corrected chi connectivity index (χ4v) is 1.42. The first-order valence-corrected chi connectivity index (χ1v) is 5.10. The van der Waals surface area contributed by atoms with Gasteiger partial charge in [0.1, 0.15) is 5.75 Å². The van der Waals surface area contributed by atoms with Crippen LogP contribution in [0.4, 0.5) is 0 Å². The van der Waals surface area contributed by atoms with Crippen molar-refractivity contribution in [1.29, 1.82) is 0 Å². The van der Waals surface area contributed by atoms with Crippen molar-refractivity contribution in [3.63, 3.8) is 0 Å². The molecule has 0 bridgehead atoms. The van der Waals surface area contributed by atoms with Gasteiger partial charge in [-0.2, -0.15) is 0 Å². The maximum atomic E-state index is 8.73. The summed E-state index contributed by atoms with van der Waals surface area (Å²) < 4.78 is 4.87. The van der Waals surface area contributed by atoms with Crippen molar-refractivity contribution in [3.05, 3.63) is 29.8 Å². The Morgan fingerprint density at radius 1 is 1.33 bits per heavy atom. The van der Waals surface area contributed by atoms with E-state index in [-0.39, 0.29) is 0 Å². The Morgan fingerprint density at radius 2 is 2.07 bits per heavy atom. The van der Waals surface area contributed by atoms with Gasteiger partial charge in [0.2, 0.25) is 0 Å². The van der Waals surface area contributed by atoms with Gasteiger partial charge in [0.15, 0.2) is 0 Å². The molecule has 1 fully saturated rings. The zero-order chi connectivity index (χ0) is 10.7. The highest BCUT2D eigenvalue weighted by molar-refractivity contribution is 6.33. The average molecular weight is 207 g/mol. The number of benzene rings is 1. The molecule has 1 aromatic rings. The monoisotopic (exact) mass is 207 g/mol. The SMILES string of the molecule is OB(O)Oc1ccccc1CNC1CC1. The molecule has 0 aliphatic heterocycles. The maximum Gasteiger partial charge on any atom is 0.707 e. The van der Waals surface area contributed by atoms with Gasteiger partial charge in [-0.3, -0.25) is 0 Å². The number of para-hydroxylation sites is 1. The highest BCUT2D eigenvalue weighted by atomic mass is 16.6. The summed E-state index contributed by atoms with van der Waals surface area (Å²) in [5, 5.41) is 20.8. The smallest absolute Gasteiger partial charge is 0.512 e. The highest BCUT2D eigenvalue weighted by Crippen LogP contribution is 2.22. The first-order chi connectivity index (χ1) is 7.25. The van der Waals surface area contributed by atoms with E-state index >= 15 is 0 Å². The molecule has 0 saturated heterocycles. The summed E-state index contributed by atoms with van der Waals surface area (Å²) >= 11 is 0. The molecule has 1 aromatic carbocycles. The van der Waals surface area contributed by atoms with Crippen LogP contribution >= 0.6 is 0 Å². The minimum atomic E-state index is -1.76. The fraction of sp³-hybridized carbons (Fsp3) is 0.400. The lowest BCUT2D eigenvalue weighted by Crippen LogP contribution is -2.22. The predicted molar refractivity (Wildman–Crippen MR) is 57.1 cm³/mol. The Balaban J connectivity index is 1.99. The minimum Gasteiger partial charge on any atom is -0.512 e. The quantitative estimate of drug-likeness (QED) is 0.607. The van der Waals surface area contributed by atoms with Gasteiger partial charge < -0.3 is 20.0 Å². The molecule has 0 aromatic heterocycles. The minimum absolute atomic E-state index is 0.514. The summed E-state index contributed by atoms with van der Waals surface area (Å²) in [7, 11) is -1.76. The van der Waals surface area contributed by atoms with Gasteiger partial charge in [-0.1, -0.05) is 18.2 Å². The lowest BCUT2D eigenvalue weighted by Gasteiger charge is -2.11. The molecule has 1 aliphatic rings. The normalized spacial score (nSPS) is 15.1.